The number of aromatic nitrogens is 1. The molecule has 2 nitrogen and oxygen atoms in total. The number of fused-ring (bicyclic) bond motifs is 8. The van der Waals surface area contributed by atoms with Crippen LogP contribution >= 0.6 is 0 Å². The fourth-order valence-electron chi connectivity index (χ4n) is 10.3. The minimum atomic E-state index is -0.405. The quantitative estimate of drug-likeness (QED) is 0.131. The van der Waals surface area contributed by atoms with Crippen molar-refractivity contribution in [2.24, 2.45) is 0 Å². The van der Waals surface area contributed by atoms with E-state index in [2.05, 4.69) is 216 Å². The molecule has 0 spiro atoms. The zero-order valence-corrected chi connectivity index (χ0v) is 38.1. The van der Waals surface area contributed by atoms with Crippen molar-refractivity contribution in [1.82, 2.24) is 4.57 Å². The molecule has 13 aromatic rings. The highest BCUT2D eigenvalue weighted by molar-refractivity contribution is 6.32. The number of anilines is 3. The Labute approximate surface area is 415 Å². The molecule has 0 radical (unpaired) electrons. The van der Waals surface area contributed by atoms with Gasteiger partial charge in [0.05, 0.1) is 17.9 Å². The molecule has 70 heavy (non-hydrogen) atoms. The summed E-state index contributed by atoms with van der Waals surface area (Å²) in [5.41, 5.74) is 16.0. The van der Waals surface area contributed by atoms with E-state index in [1.165, 1.54) is 49.0 Å². The topological polar surface area (TPSA) is 8.17 Å². The van der Waals surface area contributed by atoms with Gasteiger partial charge < -0.3 is 9.47 Å². The van der Waals surface area contributed by atoms with Gasteiger partial charge in [0.2, 0.25) is 0 Å². The summed E-state index contributed by atoms with van der Waals surface area (Å²) in [4.78, 5) is 2.17. The van der Waals surface area contributed by atoms with E-state index in [9.17, 15) is 0 Å². The molecule has 1 heterocycles. The Bertz CT molecular complexity index is 4260. The lowest BCUT2D eigenvalue weighted by Crippen LogP contribution is -2.09. The first-order valence-electron chi connectivity index (χ1n) is 26.2. The Morgan fingerprint density at radius 3 is 1.17 bits per heavy atom. The summed E-state index contributed by atoms with van der Waals surface area (Å²) in [5, 5.41) is 7.43. The fourth-order valence-corrected chi connectivity index (χ4v) is 10.3. The van der Waals surface area contributed by atoms with Crippen LogP contribution in [0, 0.1) is 0 Å². The van der Waals surface area contributed by atoms with E-state index in [1.54, 1.807) is 0 Å². The Morgan fingerprint density at radius 2 is 0.657 bits per heavy atom. The van der Waals surface area contributed by atoms with Crippen molar-refractivity contribution in [3.63, 3.8) is 0 Å². The molecule has 0 fully saturated rings. The van der Waals surface area contributed by atoms with Gasteiger partial charge in [-0.25, -0.2) is 0 Å². The molecule has 0 atom stereocenters. The lowest BCUT2D eigenvalue weighted by molar-refractivity contribution is 1.19. The number of rotatable bonds is 9. The smallest absolute Gasteiger partial charge is 0.0629 e. The minimum Gasteiger partial charge on any atom is -0.311 e. The van der Waals surface area contributed by atoms with Crippen LogP contribution in [-0.4, -0.2) is 4.57 Å². The van der Waals surface area contributed by atoms with Crippen molar-refractivity contribution in [3.05, 3.63) is 279 Å². The zero-order chi connectivity index (χ0) is 50.7. The van der Waals surface area contributed by atoms with Crippen LogP contribution in [-0.2, 0) is 0 Å². The number of nitrogens with zero attached hydrogens (tertiary/aromatic N) is 2. The van der Waals surface area contributed by atoms with Gasteiger partial charge in [-0.05, 0) is 126 Å². The van der Waals surface area contributed by atoms with Gasteiger partial charge in [-0.15, -0.1) is 0 Å². The van der Waals surface area contributed by atoms with Crippen LogP contribution in [0.2, 0.25) is 0 Å². The molecule has 0 aliphatic heterocycles. The standard InChI is InChI=1S/C68H46N2/c1-4-14-47(15-5-1)51-28-37-57(38-29-51)69(58-39-30-52(31-40-58)48-16-6-2-7-17-48)59-41-32-54(33-42-59)50-24-26-55(27-25-50)56-36-45-65-66(46-56)70(60-43-34-53(35-44-60)49-18-8-3-9-19-49)68-64-23-13-11-21-62(64)61-20-10-12-22-63(61)67(65)68/h1-46H/i1D,4D,5D,14D,15D. The lowest BCUT2D eigenvalue weighted by atomic mass is 9.96. The van der Waals surface area contributed by atoms with Gasteiger partial charge >= 0.3 is 0 Å². The second-order valence-corrected chi connectivity index (χ2v) is 17.7. The Morgan fingerprint density at radius 1 is 0.286 bits per heavy atom. The van der Waals surface area contributed by atoms with Gasteiger partial charge in [-0.2, -0.15) is 0 Å². The summed E-state index contributed by atoms with van der Waals surface area (Å²) in [5.74, 6) is 0. The van der Waals surface area contributed by atoms with Gasteiger partial charge in [0.25, 0.3) is 0 Å². The summed E-state index contributed by atoms with van der Waals surface area (Å²) in [7, 11) is 0. The maximum absolute atomic E-state index is 8.59. The second-order valence-electron chi connectivity index (χ2n) is 17.7. The van der Waals surface area contributed by atoms with Crippen LogP contribution in [0.25, 0.3) is 105 Å². The van der Waals surface area contributed by atoms with E-state index in [4.69, 9.17) is 6.85 Å². The highest BCUT2D eigenvalue weighted by Gasteiger charge is 2.20. The second kappa shape index (κ2) is 17.4. The fraction of sp³-hybridized carbons (Fsp3) is 0. The van der Waals surface area contributed by atoms with E-state index in [-0.39, 0.29) is 29.7 Å². The third-order valence-electron chi connectivity index (χ3n) is 13.7. The van der Waals surface area contributed by atoms with Crippen molar-refractivity contribution in [2.75, 3.05) is 4.90 Å². The van der Waals surface area contributed by atoms with Crippen LogP contribution < -0.4 is 4.90 Å². The SMILES string of the molecule is [2H]c1c([2H])c([2H])c(-c2ccc(N(c3ccc(-c4ccccc4)cc3)c3ccc(-c4ccc(-c5ccc6c7c8ccccc8c8ccccc8c7n(-c7ccc(-c8ccccc8)cc7)c6c5)cc4)cc3)cc2)c([2H])c1[2H]. The number of benzene rings is 12. The van der Waals surface area contributed by atoms with E-state index < -0.39 is 6.04 Å². The summed E-state index contributed by atoms with van der Waals surface area (Å²) in [6.45, 7) is 0. The van der Waals surface area contributed by atoms with E-state index >= 15 is 0 Å². The first-order valence-corrected chi connectivity index (χ1v) is 23.7. The molecule has 12 aromatic carbocycles. The molecule has 2 heteroatoms. The number of hydrogen-bond donors (Lipinski definition) is 0. The van der Waals surface area contributed by atoms with Crippen LogP contribution in [0.15, 0.2) is 279 Å². The van der Waals surface area contributed by atoms with Gasteiger partial charge in [-0.1, -0.05) is 224 Å². The van der Waals surface area contributed by atoms with Gasteiger partial charge in [-0.3, -0.25) is 0 Å². The Hall–Kier alpha value is -9.24. The summed E-state index contributed by atoms with van der Waals surface area (Å²) in [6, 6.07) is 86.2. The molecule has 0 aliphatic carbocycles. The van der Waals surface area contributed by atoms with E-state index in [0.717, 1.165) is 61.6 Å². The molecule has 13 rings (SSSR count). The molecule has 0 unspecified atom stereocenters. The molecule has 0 saturated heterocycles. The van der Waals surface area contributed by atoms with Crippen molar-refractivity contribution in [3.8, 4) is 61.3 Å². The third kappa shape index (κ3) is 7.31. The highest BCUT2D eigenvalue weighted by Crippen LogP contribution is 2.44. The molecule has 0 amide bonds. The first-order chi connectivity index (χ1) is 36.8. The van der Waals surface area contributed by atoms with Crippen molar-refractivity contribution in [1.29, 1.82) is 0 Å². The zero-order valence-electron chi connectivity index (χ0n) is 43.1. The van der Waals surface area contributed by atoms with Crippen molar-refractivity contribution in [2.45, 2.75) is 0 Å². The van der Waals surface area contributed by atoms with Crippen LogP contribution in [0.3, 0.4) is 0 Å². The molecule has 1 aromatic heterocycles. The van der Waals surface area contributed by atoms with Crippen molar-refractivity contribution >= 4 is 60.4 Å². The monoisotopic (exact) mass is 895 g/mol. The summed E-state index contributed by atoms with van der Waals surface area (Å²) >= 11 is 0. The predicted molar refractivity (Wildman–Crippen MR) is 298 cm³/mol. The van der Waals surface area contributed by atoms with Gasteiger partial charge in [0.1, 0.15) is 0 Å². The lowest BCUT2D eigenvalue weighted by Gasteiger charge is -2.26. The molecular weight excluding hydrogens is 845 g/mol. The Balaban J connectivity index is 0.864. The average Bonchev–Trinajstić information content (AvgIpc) is 3.97. The Kier molecular flexibility index (Phi) is 8.94. The summed E-state index contributed by atoms with van der Waals surface area (Å²) < 4.78 is 44.2. The molecule has 0 aliphatic rings. The van der Waals surface area contributed by atoms with E-state index in [1.807, 2.05) is 42.5 Å². The largest absolute Gasteiger partial charge is 0.311 e. The van der Waals surface area contributed by atoms with Gasteiger partial charge in [0.15, 0.2) is 0 Å². The predicted octanol–water partition coefficient (Wildman–Crippen LogP) is 18.9. The molecule has 328 valence electrons. The van der Waals surface area contributed by atoms with Crippen molar-refractivity contribution < 1.29 is 6.85 Å². The maximum Gasteiger partial charge on any atom is 0.0629 e. The van der Waals surface area contributed by atoms with Crippen LogP contribution in [0.1, 0.15) is 6.85 Å². The maximum atomic E-state index is 8.59. The number of hydrogen-bond acceptors (Lipinski definition) is 1. The average molecular weight is 896 g/mol. The minimum absolute atomic E-state index is 0.179. The summed E-state index contributed by atoms with van der Waals surface area (Å²) in [6.07, 6.45) is 0. The van der Waals surface area contributed by atoms with Crippen LogP contribution in [0.5, 0.6) is 0 Å². The highest BCUT2D eigenvalue weighted by atomic mass is 15.1. The molecule has 0 bridgehead atoms. The normalized spacial score (nSPS) is 12.4. The third-order valence-corrected chi connectivity index (χ3v) is 13.7. The first kappa shape index (κ1) is 35.9. The molecular formula is C68H46N2. The molecule has 0 N–H and O–H groups in total. The molecule has 0 saturated carbocycles. The van der Waals surface area contributed by atoms with Gasteiger partial charge in [0, 0.05) is 38.9 Å². The van der Waals surface area contributed by atoms with Crippen LogP contribution in [0.4, 0.5) is 17.1 Å². The van der Waals surface area contributed by atoms with E-state index in [0.29, 0.717) is 5.56 Å².